The zero-order valence-electron chi connectivity index (χ0n) is 17.3. The van der Waals surface area contributed by atoms with E-state index in [4.69, 9.17) is 21.4 Å². The first-order valence-corrected chi connectivity index (χ1v) is 10.0. The molecule has 0 aliphatic carbocycles. The number of imidazole rings is 1. The molecular weight excluding hydrogens is 493 g/mol. The Bertz CT molecular complexity index is 1410. The smallest absolute Gasteiger partial charge is 0.416 e. The summed E-state index contributed by atoms with van der Waals surface area (Å²) in [4.78, 5) is 33.7. The first-order valence-electron chi connectivity index (χ1n) is 9.65. The second kappa shape index (κ2) is 9.38. The summed E-state index contributed by atoms with van der Waals surface area (Å²) in [6.45, 7) is 0. The third-order valence-corrected chi connectivity index (χ3v) is 4.76. The third-order valence-electron chi connectivity index (χ3n) is 4.43. The minimum atomic E-state index is -4.58. The molecule has 0 aliphatic rings. The number of amides is 3. The van der Waals surface area contributed by atoms with Crippen LogP contribution in [0.25, 0.3) is 11.2 Å². The van der Waals surface area contributed by atoms with Crippen molar-refractivity contribution in [2.75, 3.05) is 16.0 Å². The second-order valence-corrected chi connectivity index (χ2v) is 7.36. The van der Waals surface area contributed by atoms with Crippen LogP contribution >= 0.6 is 11.6 Å². The highest BCUT2D eigenvalue weighted by Crippen LogP contribution is 2.34. The zero-order chi connectivity index (χ0) is 25.2. The molecule has 2 aromatic carbocycles. The lowest BCUT2D eigenvalue weighted by Gasteiger charge is -2.12. The number of rotatable bonds is 5. The molecule has 2 aromatic heterocycles. The number of nitrogens with zero attached hydrogens (tertiary/aromatic N) is 2. The van der Waals surface area contributed by atoms with Gasteiger partial charge in [-0.1, -0.05) is 11.6 Å². The van der Waals surface area contributed by atoms with Crippen molar-refractivity contribution in [3.8, 4) is 11.5 Å². The maximum atomic E-state index is 12.9. The summed E-state index contributed by atoms with van der Waals surface area (Å²) in [5.41, 5.74) is -0.0790. The number of carboxylic acid groups (broad SMARTS) is 1. The molecule has 10 nitrogen and oxygen atoms in total. The Labute approximate surface area is 199 Å². The quantitative estimate of drug-likeness (QED) is 0.219. The van der Waals surface area contributed by atoms with Gasteiger partial charge in [0.1, 0.15) is 11.5 Å². The topological polar surface area (TPSA) is 141 Å². The minimum absolute atomic E-state index is 0.0114. The van der Waals surface area contributed by atoms with E-state index in [-0.39, 0.29) is 22.3 Å². The predicted octanol–water partition coefficient (Wildman–Crippen LogP) is 6.16. The van der Waals surface area contributed by atoms with Crippen LogP contribution in [-0.2, 0) is 6.18 Å². The van der Waals surface area contributed by atoms with Crippen molar-refractivity contribution in [2.45, 2.75) is 6.18 Å². The van der Waals surface area contributed by atoms with Gasteiger partial charge in [-0.15, -0.1) is 0 Å². The fourth-order valence-corrected chi connectivity index (χ4v) is 3.09. The maximum absolute atomic E-state index is 12.9. The van der Waals surface area contributed by atoms with Crippen LogP contribution in [0.4, 0.5) is 40.1 Å². The lowest BCUT2D eigenvalue weighted by molar-refractivity contribution is -0.137. The van der Waals surface area contributed by atoms with Gasteiger partial charge >= 0.3 is 18.3 Å². The van der Waals surface area contributed by atoms with Crippen molar-refractivity contribution in [1.82, 2.24) is 15.0 Å². The number of ether oxygens (including phenoxy) is 1. The molecule has 0 radical (unpaired) electrons. The van der Waals surface area contributed by atoms with E-state index >= 15 is 0 Å². The SMILES string of the molecule is O=C(O)Nc1nc2ncc(Oc3ccc(NC(=O)Nc4cc(C(F)(F)F)ccc4Cl)cc3)cc2[nH]1. The highest BCUT2D eigenvalue weighted by molar-refractivity contribution is 6.33. The van der Waals surface area contributed by atoms with Gasteiger partial charge in [0.05, 0.1) is 28.0 Å². The Hall–Kier alpha value is -4.52. The maximum Gasteiger partial charge on any atom is 0.416 e. The number of fused-ring (bicyclic) bond motifs is 1. The van der Waals surface area contributed by atoms with Crippen LogP contribution in [0, 0.1) is 0 Å². The van der Waals surface area contributed by atoms with E-state index in [1.54, 1.807) is 18.2 Å². The monoisotopic (exact) mass is 506 g/mol. The highest BCUT2D eigenvalue weighted by Gasteiger charge is 2.31. The van der Waals surface area contributed by atoms with Crippen molar-refractivity contribution in [2.24, 2.45) is 0 Å². The van der Waals surface area contributed by atoms with Gasteiger partial charge in [0, 0.05) is 11.8 Å². The van der Waals surface area contributed by atoms with Crippen LogP contribution in [0.5, 0.6) is 11.5 Å². The number of nitrogens with one attached hydrogen (secondary N) is 4. The average molecular weight is 507 g/mol. The number of H-pyrrole nitrogens is 1. The molecular formula is C21H14ClF3N6O4. The third kappa shape index (κ3) is 5.89. The first kappa shape index (κ1) is 23.6. The predicted molar refractivity (Wildman–Crippen MR) is 121 cm³/mol. The van der Waals surface area contributed by atoms with Crippen LogP contribution in [-0.4, -0.2) is 32.2 Å². The van der Waals surface area contributed by atoms with E-state index in [1.807, 2.05) is 0 Å². The standard InChI is InChI=1S/C21H14ClF3N6O4/c22-14-6-1-10(21(23,24)25)7-15(14)29-19(32)27-11-2-4-12(5-3-11)35-13-8-16-17(26-9-13)30-18(28-16)31-20(33)34/h1-9H,(H,33,34)(H2,27,29,32)(H2,26,28,30,31). The van der Waals surface area contributed by atoms with Crippen LogP contribution in [0.1, 0.15) is 5.56 Å². The first-order chi connectivity index (χ1) is 16.6. The van der Waals surface area contributed by atoms with E-state index in [2.05, 4.69) is 30.9 Å². The molecule has 5 N–H and O–H groups in total. The fraction of sp³-hybridized carbons (Fsp3) is 0.0476. The van der Waals surface area contributed by atoms with Crippen LogP contribution in [0.2, 0.25) is 5.02 Å². The van der Waals surface area contributed by atoms with E-state index in [9.17, 15) is 22.8 Å². The molecule has 0 unspecified atom stereocenters. The van der Waals surface area contributed by atoms with Crippen molar-refractivity contribution < 1.29 is 32.6 Å². The number of halogens is 4. The van der Waals surface area contributed by atoms with Crippen LogP contribution < -0.4 is 20.7 Å². The Morgan fingerprint density at radius 2 is 1.74 bits per heavy atom. The van der Waals surface area contributed by atoms with Crippen molar-refractivity contribution in [3.63, 3.8) is 0 Å². The molecule has 0 fully saturated rings. The molecule has 4 aromatic rings. The van der Waals surface area contributed by atoms with Gasteiger partial charge in [-0.3, -0.25) is 5.32 Å². The molecule has 180 valence electrons. The summed E-state index contributed by atoms with van der Waals surface area (Å²) in [6, 6.07) is 9.49. The Kier molecular flexibility index (Phi) is 6.34. The summed E-state index contributed by atoms with van der Waals surface area (Å²) >= 11 is 5.88. The Balaban J connectivity index is 1.39. The molecule has 0 saturated carbocycles. The molecule has 0 bridgehead atoms. The number of anilines is 3. The number of urea groups is 1. The number of alkyl halides is 3. The van der Waals surface area contributed by atoms with Gasteiger partial charge in [0.2, 0.25) is 5.95 Å². The van der Waals surface area contributed by atoms with E-state index in [0.717, 1.165) is 18.2 Å². The normalized spacial score (nSPS) is 11.2. The van der Waals surface area contributed by atoms with E-state index in [0.29, 0.717) is 22.7 Å². The summed E-state index contributed by atoms with van der Waals surface area (Å²) < 4.78 is 44.3. The van der Waals surface area contributed by atoms with E-state index < -0.39 is 23.9 Å². The molecule has 3 amide bonds. The molecule has 0 atom stereocenters. The number of carbonyl (C=O) groups is 2. The number of aromatic nitrogens is 3. The molecule has 4 rings (SSSR count). The summed E-state index contributed by atoms with van der Waals surface area (Å²) in [5.74, 6) is 0.736. The minimum Gasteiger partial charge on any atom is -0.465 e. The van der Waals surface area contributed by atoms with Gasteiger partial charge in [-0.25, -0.2) is 14.6 Å². The lowest BCUT2D eigenvalue weighted by Crippen LogP contribution is -2.20. The fourth-order valence-electron chi connectivity index (χ4n) is 2.92. The number of carbonyl (C=O) groups excluding carboxylic acids is 1. The molecule has 2 heterocycles. The summed E-state index contributed by atoms with van der Waals surface area (Å²) in [5, 5.41) is 15.6. The molecule has 0 spiro atoms. The largest absolute Gasteiger partial charge is 0.465 e. The number of hydrogen-bond donors (Lipinski definition) is 5. The number of benzene rings is 2. The van der Waals surface area contributed by atoms with Gasteiger partial charge in [-0.2, -0.15) is 18.2 Å². The van der Waals surface area contributed by atoms with Crippen molar-refractivity contribution >= 4 is 52.2 Å². The molecule has 0 aliphatic heterocycles. The zero-order valence-corrected chi connectivity index (χ0v) is 18.0. The van der Waals surface area contributed by atoms with Crippen molar-refractivity contribution in [1.29, 1.82) is 0 Å². The second-order valence-electron chi connectivity index (χ2n) is 6.96. The van der Waals surface area contributed by atoms with Gasteiger partial charge < -0.3 is 25.5 Å². The van der Waals surface area contributed by atoms with Gasteiger partial charge in [0.25, 0.3) is 0 Å². The number of hydrogen-bond acceptors (Lipinski definition) is 5. The molecule has 35 heavy (non-hydrogen) atoms. The highest BCUT2D eigenvalue weighted by atomic mass is 35.5. The summed E-state index contributed by atoms with van der Waals surface area (Å²) in [6.07, 6.45) is -4.46. The van der Waals surface area contributed by atoms with Gasteiger partial charge in [0.15, 0.2) is 5.65 Å². The molecule has 14 heteroatoms. The van der Waals surface area contributed by atoms with Crippen LogP contribution in [0.3, 0.4) is 0 Å². The van der Waals surface area contributed by atoms with Crippen LogP contribution in [0.15, 0.2) is 54.7 Å². The number of aromatic amines is 1. The Morgan fingerprint density at radius 3 is 2.43 bits per heavy atom. The van der Waals surface area contributed by atoms with Gasteiger partial charge in [-0.05, 0) is 42.5 Å². The summed E-state index contributed by atoms with van der Waals surface area (Å²) in [7, 11) is 0. The Morgan fingerprint density at radius 1 is 1.00 bits per heavy atom. The number of pyridine rings is 1. The molecule has 0 saturated heterocycles. The lowest BCUT2D eigenvalue weighted by atomic mass is 10.2. The van der Waals surface area contributed by atoms with Crippen molar-refractivity contribution in [3.05, 3.63) is 65.3 Å². The average Bonchev–Trinajstić information content (AvgIpc) is 3.16. The van der Waals surface area contributed by atoms with E-state index in [1.165, 1.54) is 18.3 Å².